The fraction of sp³-hybridized carbons (Fsp3) is 0.647. The van der Waals surface area contributed by atoms with E-state index in [0.29, 0.717) is 19.8 Å². The van der Waals surface area contributed by atoms with Crippen molar-refractivity contribution in [3.05, 3.63) is 35.6 Å². The van der Waals surface area contributed by atoms with Gasteiger partial charge in [0.05, 0.1) is 12.7 Å². The molecule has 0 fully saturated rings. The lowest BCUT2D eigenvalue weighted by atomic mass is 10.1. The predicted molar refractivity (Wildman–Crippen MR) is 83.8 cm³/mol. The zero-order valence-electron chi connectivity index (χ0n) is 13.1. The Labute approximate surface area is 127 Å². The molecule has 3 nitrogen and oxygen atoms in total. The fourth-order valence-corrected chi connectivity index (χ4v) is 2.12. The zero-order valence-corrected chi connectivity index (χ0v) is 13.1. The van der Waals surface area contributed by atoms with E-state index in [0.717, 1.165) is 12.0 Å². The minimum absolute atomic E-state index is 0.0000887. The van der Waals surface area contributed by atoms with Gasteiger partial charge in [-0.25, -0.2) is 4.39 Å². The lowest BCUT2D eigenvalue weighted by Gasteiger charge is -2.17. The summed E-state index contributed by atoms with van der Waals surface area (Å²) in [6.07, 6.45) is 4.14. The molecule has 1 rings (SSSR count). The largest absolute Gasteiger partial charge is 0.389 e. The summed E-state index contributed by atoms with van der Waals surface area (Å²) in [4.78, 5) is 0. The van der Waals surface area contributed by atoms with Gasteiger partial charge < -0.3 is 15.2 Å². The van der Waals surface area contributed by atoms with Crippen molar-refractivity contribution in [3.8, 4) is 0 Å². The Morgan fingerprint density at radius 1 is 1.29 bits per heavy atom. The minimum Gasteiger partial charge on any atom is -0.389 e. The highest BCUT2D eigenvalue weighted by atomic mass is 19.1. The van der Waals surface area contributed by atoms with Crippen molar-refractivity contribution < 1.29 is 14.2 Å². The topological polar surface area (TPSA) is 41.5 Å². The van der Waals surface area contributed by atoms with Crippen LogP contribution in [-0.4, -0.2) is 31.0 Å². The molecule has 0 aliphatic heterocycles. The zero-order chi connectivity index (χ0) is 15.5. The van der Waals surface area contributed by atoms with Gasteiger partial charge in [-0.15, -0.1) is 0 Å². The molecule has 0 aromatic heterocycles. The van der Waals surface area contributed by atoms with Gasteiger partial charge in [0.1, 0.15) is 5.82 Å². The van der Waals surface area contributed by atoms with Gasteiger partial charge in [0.2, 0.25) is 0 Å². The number of ether oxygens (including phenoxy) is 1. The van der Waals surface area contributed by atoms with Gasteiger partial charge in [-0.3, -0.25) is 0 Å². The maximum Gasteiger partial charge on any atom is 0.123 e. The van der Waals surface area contributed by atoms with Crippen LogP contribution in [0.1, 0.15) is 51.1 Å². The number of nitrogens with one attached hydrogen (secondary N) is 1. The summed E-state index contributed by atoms with van der Waals surface area (Å²) >= 11 is 0. The molecule has 0 amide bonds. The van der Waals surface area contributed by atoms with E-state index in [1.165, 1.54) is 31.4 Å². The number of hydrogen-bond acceptors (Lipinski definition) is 3. The molecule has 0 bridgehead atoms. The van der Waals surface area contributed by atoms with Crippen LogP contribution < -0.4 is 5.32 Å². The van der Waals surface area contributed by atoms with Crippen molar-refractivity contribution in [1.29, 1.82) is 0 Å². The maximum atomic E-state index is 13.1. The van der Waals surface area contributed by atoms with E-state index in [4.69, 9.17) is 4.74 Å². The van der Waals surface area contributed by atoms with Crippen LogP contribution in [0.2, 0.25) is 0 Å². The number of rotatable bonds is 11. The third kappa shape index (κ3) is 8.15. The standard InChI is InChI=1S/C17H28FNO2/c1-3-4-5-6-10-21-13-17(20)12-19-14(2)15-8-7-9-16(18)11-15/h7-9,11,14,17,19-20H,3-6,10,12-13H2,1-2H3/t14-,17?/m0/s1. The molecule has 0 heterocycles. The van der Waals surface area contributed by atoms with Gasteiger partial charge in [0.25, 0.3) is 0 Å². The van der Waals surface area contributed by atoms with Crippen LogP contribution in [0.25, 0.3) is 0 Å². The molecule has 0 radical (unpaired) electrons. The number of unbranched alkanes of at least 4 members (excludes halogenated alkanes) is 3. The Morgan fingerprint density at radius 3 is 2.81 bits per heavy atom. The summed E-state index contributed by atoms with van der Waals surface area (Å²) in [5.74, 6) is -0.239. The van der Waals surface area contributed by atoms with Crippen LogP contribution in [0.4, 0.5) is 4.39 Å². The summed E-state index contributed by atoms with van der Waals surface area (Å²) in [7, 11) is 0. The Kier molecular flexibility index (Phi) is 9.22. The number of aliphatic hydroxyl groups excluding tert-OH is 1. The minimum atomic E-state index is -0.535. The first kappa shape index (κ1) is 18.1. The Balaban J connectivity index is 2.13. The second-order valence-corrected chi connectivity index (χ2v) is 5.47. The number of aliphatic hydroxyl groups is 1. The fourth-order valence-electron chi connectivity index (χ4n) is 2.12. The molecule has 0 aliphatic rings. The molecule has 2 N–H and O–H groups in total. The van der Waals surface area contributed by atoms with Crippen molar-refractivity contribution in [3.63, 3.8) is 0 Å². The second-order valence-electron chi connectivity index (χ2n) is 5.47. The smallest absolute Gasteiger partial charge is 0.123 e. The summed E-state index contributed by atoms with van der Waals surface area (Å²) in [5, 5.41) is 13.0. The summed E-state index contributed by atoms with van der Waals surface area (Å²) < 4.78 is 18.6. The lowest BCUT2D eigenvalue weighted by molar-refractivity contribution is 0.0343. The molecule has 120 valence electrons. The van der Waals surface area contributed by atoms with Crippen molar-refractivity contribution in [2.75, 3.05) is 19.8 Å². The second kappa shape index (κ2) is 10.7. The first-order chi connectivity index (χ1) is 10.1. The van der Waals surface area contributed by atoms with Crippen LogP contribution in [0.15, 0.2) is 24.3 Å². The molecular weight excluding hydrogens is 269 g/mol. The molecule has 1 unspecified atom stereocenters. The Hall–Kier alpha value is -0.970. The van der Waals surface area contributed by atoms with Crippen LogP contribution >= 0.6 is 0 Å². The predicted octanol–water partition coefficient (Wildman–Crippen LogP) is 3.43. The van der Waals surface area contributed by atoms with Crippen molar-refractivity contribution in [1.82, 2.24) is 5.32 Å². The molecule has 21 heavy (non-hydrogen) atoms. The third-order valence-corrected chi connectivity index (χ3v) is 3.46. The van der Waals surface area contributed by atoms with Crippen molar-refractivity contribution >= 4 is 0 Å². The summed E-state index contributed by atoms with van der Waals surface area (Å²) in [6, 6.07) is 6.50. The normalized spacial score (nSPS) is 14.1. The Morgan fingerprint density at radius 2 is 2.10 bits per heavy atom. The quantitative estimate of drug-likeness (QED) is 0.615. The lowest BCUT2D eigenvalue weighted by Crippen LogP contribution is -2.32. The molecule has 4 heteroatoms. The van der Waals surface area contributed by atoms with E-state index in [9.17, 15) is 9.50 Å². The number of hydrogen-bond donors (Lipinski definition) is 2. The van der Waals surface area contributed by atoms with Crippen LogP contribution in [0.3, 0.4) is 0 Å². The van der Waals surface area contributed by atoms with Gasteiger partial charge in [-0.1, -0.05) is 38.3 Å². The molecule has 1 aromatic carbocycles. The maximum absolute atomic E-state index is 13.1. The van der Waals surface area contributed by atoms with E-state index in [1.54, 1.807) is 6.07 Å². The van der Waals surface area contributed by atoms with Gasteiger partial charge in [-0.2, -0.15) is 0 Å². The molecular formula is C17H28FNO2. The van der Waals surface area contributed by atoms with Gasteiger partial charge in [-0.05, 0) is 31.0 Å². The molecule has 1 aromatic rings. The van der Waals surface area contributed by atoms with E-state index in [1.807, 2.05) is 13.0 Å². The first-order valence-electron chi connectivity index (χ1n) is 7.88. The molecule has 0 aliphatic carbocycles. The van der Waals surface area contributed by atoms with Crippen LogP contribution in [0.5, 0.6) is 0 Å². The molecule has 2 atom stereocenters. The van der Waals surface area contributed by atoms with Crippen LogP contribution in [0, 0.1) is 5.82 Å². The molecule has 0 spiro atoms. The average Bonchev–Trinajstić information content (AvgIpc) is 2.48. The van der Waals surface area contributed by atoms with E-state index in [-0.39, 0.29) is 11.9 Å². The number of halogens is 1. The molecule has 0 saturated carbocycles. The van der Waals surface area contributed by atoms with Gasteiger partial charge in [0.15, 0.2) is 0 Å². The van der Waals surface area contributed by atoms with Crippen LogP contribution in [-0.2, 0) is 4.74 Å². The summed E-state index contributed by atoms with van der Waals surface area (Å²) in [5.41, 5.74) is 0.877. The van der Waals surface area contributed by atoms with E-state index in [2.05, 4.69) is 12.2 Å². The van der Waals surface area contributed by atoms with Gasteiger partial charge in [0, 0.05) is 19.2 Å². The first-order valence-corrected chi connectivity index (χ1v) is 7.88. The highest BCUT2D eigenvalue weighted by Crippen LogP contribution is 2.13. The highest BCUT2D eigenvalue weighted by molar-refractivity contribution is 5.19. The van der Waals surface area contributed by atoms with E-state index < -0.39 is 6.10 Å². The van der Waals surface area contributed by atoms with Crippen molar-refractivity contribution in [2.45, 2.75) is 51.7 Å². The number of benzene rings is 1. The highest BCUT2D eigenvalue weighted by Gasteiger charge is 2.09. The van der Waals surface area contributed by atoms with E-state index >= 15 is 0 Å². The molecule has 0 saturated heterocycles. The summed E-state index contributed by atoms with van der Waals surface area (Å²) in [6.45, 7) is 5.61. The monoisotopic (exact) mass is 297 g/mol. The van der Waals surface area contributed by atoms with Gasteiger partial charge >= 0.3 is 0 Å². The third-order valence-electron chi connectivity index (χ3n) is 3.46. The average molecular weight is 297 g/mol. The SMILES string of the molecule is CCCCCCOCC(O)CN[C@@H](C)c1cccc(F)c1. The Bertz CT molecular complexity index is 387. The van der Waals surface area contributed by atoms with Crippen molar-refractivity contribution in [2.24, 2.45) is 0 Å².